The van der Waals surface area contributed by atoms with Crippen LogP contribution in [-0.4, -0.2) is 4.99 Å². The number of hydrogen-bond acceptors (Lipinski definition) is 2. The van der Waals surface area contributed by atoms with Crippen LogP contribution in [-0.2, 0) is 6.61 Å². The fourth-order valence-electron chi connectivity index (χ4n) is 1.57. The van der Waals surface area contributed by atoms with Crippen LogP contribution in [0.4, 0.5) is 0 Å². The summed E-state index contributed by atoms with van der Waals surface area (Å²) in [5.74, 6) is 0.741. The zero-order chi connectivity index (χ0) is 13.8. The van der Waals surface area contributed by atoms with E-state index in [0.717, 1.165) is 21.3 Å². The van der Waals surface area contributed by atoms with Crippen molar-refractivity contribution < 1.29 is 4.74 Å². The van der Waals surface area contributed by atoms with Gasteiger partial charge in [0.2, 0.25) is 0 Å². The predicted octanol–water partition coefficient (Wildman–Crippen LogP) is 4.32. The normalized spacial score (nSPS) is 10.2. The highest BCUT2D eigenvalue weighted by atomic mass is 79.9. The lowest BCUT2D eigenvalue weighted by atomic mass is 10.1. The van der Waals surface area contributed by atoms with Crippen LogP contribution >= 0.6 is 39.7 Å². The summed E-state index contributed by atoms with van der Waals surface area (Å²) in [6.45, 7) is 0.441. The Morgan fingerprint density at radius 3 is 2.74 bits per heavy atom. The third-order valence-corrected chi connectivity index (χ3v) is 3.59. The Kier molecular flexibility index (Phi) is 4.80. The van der Waals surface area contributed by atoms with Gasteiger partial charge in [0.1, 0.15) is 17.3 Å². The lowest BCUT2D eigenvalue weighted by Gasteiger charge is -2.09. The third-order valence-electron chi connectivity index (χ3n) is 2.50. The van der Waals surface area contributed by atoms with E-state index in [1.165, 1.54) is 0 Å². The van der Waals surface area contributed by atoms with Gasteiger partial charge >= 0.3 is 0 Å². The van der Waals surface area contributed by atoms with Crippen LogP contribution in [0.15, 0.2) is 46.9 Å². The van der Waals surface area contributed by atoms with Crippen molar-refractivity contribution in [2.75, 3.05) is 0 Å². The predicted molar refractivity (Wildman–Crippen MR) is 85.8 cm³/mol. The molecule has 2 N–H and O–H groups in total. The topological polar surface area (TPSA) is 35.2 Å². The van der Waals surface area contributed by atoms with Gasteiger partial charge in [-0.15, -0.1) is 0 Å². The van der Waals surface area contributed by atoms with E-state index in [0.29, 0.717) is 16.6 Å². The van der Waals surface area contributed by atoms with Crippen molar-refractivity contribution in [1.82, 2.24) is 0 Å². The molecule has 0 radical (unpaired) electrons. The van der Waals surface area contributed by atoms with Gasteiger partial charge in [-0.05, 0) is 45.8 Å². The molecule has 2 rings (SSSR count). The first-order chi connectivity index (χ1) is 9.06. The van der Waals surface area contributed by atoms with E-state index >= 15 is 0 Å². The van der Waals surface area contributed by atoms with E-state index < -0.39 is 0 Å². The number of thiocarbonyl (C=S) groups is 1. The second kappa shape index (κ2) is 6.37. The highest BCUT2D eigenvalue weighted by Gasteiger charge is 2.03. The SMILES string of the molecule is NC(=S)c1cccc(COc2ccc(Cl)cc2Br)c1. The number of hydrogen-bond donors (Lipinski definition) is 1. The number of nitrogens with two attached hydrogens (primary N) is 1. The van der Waals surface area contributed by atoms with Gasteiger partial charge in [-0.1, -0.05) is 42.0 Å². The molecule has 2 aromatic carbocycles. The zero-order valence-corrected chi connectivity index (χ0v) is 13.1. The average molecular weight is 357 g/mol. The molecule has 0 unspecified atom stereocenters. The number of benzene rings is 2. The fourth-order valence-corrected chi connectivity index (χ4v) is 2.49. The van der Waals surface area contributed by atoms with Gasteiger partial charge in [0.25, 0.3) is 0 Å². The molecule has 0 saturated heterocycles. The second-order valence-corrected chi connectivity index (χ2v) is 5.66. The summed E-state index contributed by atoms with van der Waals surface area (Å²) in [5.41, 5.74) is 7.44. The molecule has 0 aliphatic carbocycles. The van der Waals surface area contributed by atoms with Crippen molar-refractivity contribution in [2.24, 2.45) is 5.73 Å². The van der Waals surface area contributed by atoms with E-state index in [2.05, 4.69) is 15.9 Å². The molecule has 19 heavy (non-hydrogen) atoms. The summed E-state index contributed by atoms with van der Waals surface area (Å²) in [6, 6.07) is 13.1. The van der Waals surface area contributed by atoms with Crippen LogP contribution < -0.4 is 10.5 Å². The van der Waals surface area contributed by atoms with Gasteiger partial charge < -0.3 is 10.5 Å². The van der Waals surface area contributed by atoms with Gasteiger partial charge in [-0.25, -0.2) is 0 Å². The molecule has 0 atom stereocenters. The molecule has 2 aromatic rings. The first-order valence-corrected chi connectivity index (χ1v) is 7.11. The maximum absolute atomic E-state index is 5.88. The Balaban J connectivity index is 2.10. The van der Waals surface area contributed by atoms with Crippen molar-refractivity contribution in [1.29, 1.82) is 0 Å². The summed E-state index contributed by atoms with van der Waals surface area (Å²) >= 11 is 14.2. The van der Waals surface area contributed by atoms with Gasteiger partial charge in [0.15, 0.2) is 0 Å². The van der Waals surface area contributed by atoms with Crippen molar-refractivity contribution >= 4 is 44.7 Å². The van der Waals surface area contributed by atoms with Crippen molar-refractivity contribution in [3.05, 3.63) is 63.1 Å². The minimum absolute atomic E-state index is 0.384. The molecule has 0 heterocycles. The Morgan fingerprint density at radius 1 is 1.26 bits per heavy atom. The Hall–Kier alpha value is -1.10. The first kappa shape index (κ1) is 14.3. The molecular weight excluding hydrogens is 346 g/mol. The maximum Gasteiger partial charge on any atom is 0.134 e. The van der Waals surface area contributed by atoms with E-state index in [1.807, 2.05) is 30.3 Å². The third kappa shape index (κ3) is 3.93. The van der Waals surface area contributed by atoms with Crippen LogP contribution in [0.25, 0.3) is 0 Å². The summed E-state index contributed by atoms with van der Waals surface area (Å²) < 4.78 is 6.55. The minimum atomic E-state index is 0.384. The summed E-state index contributed by atoms with van der Waals surface area (Å²) in [6.07, 6.45) is 0. The zero-order valence-electron chi connectivity index (χ0n) is 9.90. The summed E-state index contributed by atoms with van der Waals surface area (Å²) in [5, 5.41) is 0.662. The van der Waals surface area contributed by atoms with Gasteiger partial charge in [0.05, 0.1) is 4.47 Å². The summed E-state index contributed by atoms with van der Waals surface area (Å²) in [7, 11) is 0. The lowest BCUT2D eigenvalue weighted by molar-refractivity contribution is 0.304. The molecule has 0 aliphatic heterocycles. The molecule has 98 valence electrons. The van der Waals surface area contributed by atoms with Crippen molar-refractivity contribution in [3.8, 4) is 5.75 Å². The lowest BCUT2D eigenvalue weighted by Crippen LogP contribution is -2.09. The number of halogens is 2. The molecule has 2 nitrogen and oxygen atoms in total. The quantitative estimate of drug-likeness (QED) is 0.829. The standard InChI is InChI=1S/C14H11BrClNOS/c15-12-7-11(16)4-5-13(12)18-8-9-2-1-3-10(6-9)14(17)19/h1-7H,8H2,(H2,17,19). The monoisotopic (exact) mass is 355 g/mol. The molecule has 0 amide bonds. The minimum Gasteiger partial charge on any atom is -0.488 e. The fraction of sp³-hybridized carbons (Fsp3) is 0.0714. The highest BCUT2D eigenvalue weighted by molar-refractivity contribution is 9.10. The maximum atomic E-state index is 5.88. The molecule has 0 bridgehead atoms. The van der Waals surface area contributed by atoms with E-state index in [9.17, 15) is 0 Å². The molecule has 0 aromatic heterocycles. The number of ether oxygens (including phenoxy) is 1. The van der Waals surface area contributed by atoms with Gasteiger partial charge in [0, 0.05) is 10.6 Å². The first-order valence-electron chi connectivity index (χ1n) is 5.53. The molecule has 0 spiro atoms. The molecule has 0 aliphatic rings. The Labute approximate surface area is 130 Å². The Bertz CT molecular complexity index is 618. The van der Waals surface area contributed by atoms with E-state index in [-0.39, 0.29) is 0 Å². The van der Waals surface area contributed by atoms with Crippen LogP contribution in [0.5, 0.6) is 5.75 Å². The van der Waals surface area contributed by atoms with Gasteiger partial charge in [-0.2, -0.15) is 0 Å². The van der Waals surface area contributed by atoms with E-state index in [1.54, 1.807) is 12.1 Å². The van der Waals surface area contributed by atoms with Crippen molar-refractivity contribution in [3.63, 3.8) is 0 Å². The average Bonchev–Trinajstić information content (AvgIpc) is 2.38. The molecule has 0 fully saturated rings. The summed E-state index contributed by atoms with van der Waals surface area (Å²) in [4.78, 5) is 0.384. The largest absolute Gasteiger partial charge is 0.488 e. The van der Waals surface area contributed by atoms with E-state index in [4.69, 9.17) is 34.3 Å². The highest BCUT2D eigenvalue weighted by Crippen LogP contribution is 2.28. The molecule has 5 heteroatoms. The van der Waals surface area contributed by atoms with Crippen LogP contribution in [0.3, 0.4) is 0 Å². The van der Waals surface area contributed by atoms with Crippen LogP contribution in [0.2, 0.25) is 5.02 Å². The Morgan fingerprint density at radius 2 is 2.05 bits per heavy atom. The smallest absolute Gasteiger partial charge is 0.134 e. The van der Waals surface area contributed by atoms with Crippen molar-refractivity contribution in [2.45, 2.75) is 6.61 Å². The molecular formula is C14H11BrClNOS. The van der Waals surface area contributed by atoms with Crippen LogP contribution in [0, 0.1) is 0 Å². The molecule has 0 saturated carbocycles. The van der Waals surface area contributed by atoms with Gasteiger partial charge in [-0.3, -0.25) is 0 Å². The number of rotatable bonds is 4. The van der Waals surface area contributed by atoms with Crippen LogP contribution in [0.1, 0.15) is 11.1 Å². The second-order valence-electron chi connectivity index (χ2n) is 3.93.